The minimum atomic E-state index is -0.696. The number of hydrogen-bond donors (Lipinski definition) is 4. The van der Waals surface area contributed by atoms with Crippen LogP contribution in [0, 0.1) is 0 Å². The molecule has 0 saturated carbocycles. The topological polar surface area (TPSA) is 140 Å². The molecule has 74 heavy (non-hydrogen) atoms. The van der Waals surface area contributed by atoms with E-state index in [2.05, 4.69) is 20.8 Å². The predicted molar refractivity (Wildman–Crippen MR) is 316 cm³/mol. The van der Waals surface area contributed by atoms with Crippen molar-refractivity contribution < 1.29 is 39.5 Å². The molecule has 0 heterocycles. The van der Waals surface area contributed by atoms with Crippen LogP contribution in [0.1, 0.15) is 323 Å². The standard InChI is InChI=1S/C37H75NO4.C27H55NO4/c1-3-5-7-9-11-13-15-17-19-21-23-25-27-29-33-42-35-36(40)34-38(31-32-39)37(41)30-28-26-24-22-20-18-16-14-12-10-8-6-4-2;1-3-5-6-7-8-9-10-11-12-13-14-15-16-17-18-19-23-32-25-26(30)24-28(21-22-29)27(31)20-4-2/h36,39-40H,3-35H2,1-2H3;26,29-30H,3-25H2,1-2H3. The Morgan fingerprint density at radius 2 is 0.554 bits per heavy atom. The predicted octanol–water partition coefficient (Wildman–Crippen LogP) is 16.4. The Morgan fingerprint density at radius 1 is 0.324 bits per heavy atom. The van der Waals surface area contributed by atoms with Gasteiger partial charge in [-0.2, -0.15) is 0 Å². The van der Waals surface area contributed by atoms with Crippen molar-refractivity contribution in [1.82, 2.24) is 9.80 Å². The lowest BCUT2D eigenvalue weighted by Gasteiger charge is -2.24. The van der Waals surface area contributed by atoms with Gasteiger partial charge >= 0.3 is 0 Å². The number of hydrogen-bond acceptors (Lipinski definition) is 8. The number of amides is 2. The minimum Gasteiger partial charge on any atom is -0.395 e. The van der Waals surface area contributed by atoms with Crippen molar-refractivity contribution in [2.75, 3.05) is 65.8 Å². The molecule has 444 valence electrons. The molecule has 2 unspecified atom stereocenters. The largest absolute Gasteiger partial charge is 0.395 e. The Kier molecular flexibility index (Phi) is 64.9. The van der Waals surface area contributed by atoms with Crippen molar-refractivity contribution in [3.63, 3.8) is 0 Å². The molecule has 10 heteroatoms. The fourth-order valence-electron chi connectivity index (χ4n) is 9.90. The first kappa shape index (κ1) is 74.8. The van der Waals surface area contributed by atoms with Crippen molar-refractivity contribution in [2.45, 2.75) is 335 Å². The average Bonchev–Trinajstić information content (AvgIpc) is 3.39. The molecule has 2 atom stereocenters. The zero-order valence-electron chi connectivity index (χ0n) is 50.1. The molecule has 0 fully saturated rings. The van der Waals surface area contributed by atoms with Gasteiger partial charge in [-0.3, -0.25) is 9.59 Å². The summed E-state index contributed by atoms with van der Waals surface area (Å²) in [6, 6.07) is 0. The van der Waals surface area contributed by atoms with Gasteiger partial charge < -0.3 is 39.7 Å². The van der Waals surface area contributed by atoms with E-state index in [0.717, 1.165) is 32.1 Å². The monoisotopic (exact) mass is 1050 g/mol. The smallest absolute Gasteiger partial charge is 0.222 e. The second kappa shape index (κ2) is 64.2. The van der Waals surface area contributed by atoms with E-state index in [-0.39, 0.29) is 64.4 Å². The van der Waals surface area contributed by atoms with Crippen LogP contribution < -0.4 is 0 Å². The lowest BCUT2D eigenvalue weighted by atomic mass is 10.0. The summed E-state index contributed by atoms with van der Waals surface area (Å²) < 4.78 is 11.3. The van der Waals surface area contributed by atoms with E-state index in [0.29, 0.717) is 26.1 Å². The highest BCUT2D eigenvalue weighted by Crippen LogP contribution is 2.17. The number of ether oxygens (including phenoxy) is 2. The van der Waals surface area contributed by atoms with Crippen molar-refractivity contribution in [1.29, 1.82) is 0 Å². The lowest BCUT2D eigenvalue weighted by molar-refractivity contribution is -0.134. The summed E-state index contributed by atoms with van der Waals surface area (Å²) in [7, 11) is 0. The average molecular weight is 1060 g/mol. The van der Waals surface area contributed by atoms with Crippen molar-refractivity contribution in [2.24, 2.45) is 0 Å². The van der Waals surface area contributed by atoms with Gasteiger partial charge in [-0.15, -0.1) is 0 Å². The minimum absolute atomic E-state index is 0.0154. The number of aliphatic hydroxyl groups excluding tert-OH is 4. The van der Waals surface area contributed by atoms with Gasteiger partial charge in [0.1, 0.15) is 0 Å². The maximum absolute atomic E-state index is 12.7. The Hall–Kier alpha value is -1.30. The molecule has 0 aromatic heterocycles. The molecule has 0 aromatic rings. The molecule has 0 saturated heterocycles. The van der Waals surface area contributed by atoms with Gasteiger partial charge in [0, 0.05) is 52.2 Å². The summed E-state index contributed by atoms with van der Waals surface area (Å²) in [6.07, 6.45) is 57.4. The highest BCUT2D eigenvalue weighted by molar-refractivity contribution is 5.76. The zero-order valence-corrected chi connectivity index (χ0v) is 50.1. The maximum Gasteiger partial charge on any atom is 0.222 e. The molecule has 0 aromatic carbocycles. The van der Waals surface area contributed by atoms with Gasteiger partial charge in [-0.05, 0) is 25.7 Å². The molecule has 0 aliphatic heterocycles. The number of aliphatic hydroxyl groups is 4. The van der Waals surface area contributed by atoms with Crippen LogP contribution in [-0.4, -0.2) is 120 Å². The van der Waals surface area contributed by atoms with Gasteiger partial charge in [0.15, 0.2) is 0 Å². The molecule has 0 aliphatic rings. The van der Waals surface area contributed by atoms with Crippen LogP contribution in [-0.2, 0) is 19.1 Å². The molecular weight excluding hydrogens is 925 g/mol. The number of carbonyl (C=O) groups is 2. The van der Waals surface area contributed by atoms with Gasteiger partial charge in [0.25, 0.3) is 0 Å². The summed E-state index contributed by atoms with van der Waals surface area (Å²) in [5.41, 5.74) is 0. The number of rotatable bonds is 60. The maximum atomic E-state index is 12.7. The second-order valence-electron chi connectivity index (χ2n) is 22.2. The van der Waals surface area contributed by atoms with Crippen LogP contribution in [0.25, 0.3) is 0 Å². The third-order valence-electron chi connectivity index (χ3n) is 14.7. The molecular formula is C64H130N2O8. The summed E-state index contributed by atoms with van der Waals surface area (Å²) in [5.74, 6) is 0.0246. The molecule has 10 nitrogen and oxygen atoms in total. The first-order valence-electron chi connectivity index (χ1n) is 32.6. The highest BCUT2D eigenvalue weighted by atomic mass is 16.5. The van der Waals surface area contributed by atoms with Gasteiger partial charge in [-0.25, -0.2) is 0 Å². The zero-order chi connectivity index (χ0) is 54.5. The van der Waals surface area contributed by atoms with E-state index in [4.69, 9.17) is 14.6 Å². The molecule has 0 spiro atoms. The van der Waals surface area contributed by atoms with Gasteiger partial charge in [0.2, 0.25) is 11.8 Å². The van der Waals surface area contributed by atoms with E-state index in [1.807, 2.05) is 6.92 Å². The van der Waals surface area contributed by atoms with Crippen LogP contribution in [0.5, 0.6) is 0 Å². The van der Waals surface area contributed by atoms with Crippen LogP contribution in [0.2, 0.25) is 0 Å². The number of unbranched alkanes of at least 4 members (excludes halogenated alkanes) is 40. The highest BCUT2D eigenvalue weighted by Gasteiger charge is 2.18. The fourth-order valence-corrected chi connectivity index (χ4v) is 9.90. The third-order valence-corrected chi connectivity index (χ3v) is 14.7. The van der Waals surface area contributed by atoms with E-state index in [1.165, 1.54) is 255 Å². The number of nitrogens with zero attached hydrogens (tertiary/aromatic N) is 2. The Bertz CT molecular complexity index is 1080. The summed E-state index contributed by atoms with van der Waals surface area (Å²) in [5, 5.41) is 39.0. The lowest BCUT2D eigenvalue weighted by Crippen LogP contribution is -2.40. The molecule has 0 radical (unpaired) electrons. The Balaban J connectivity index is 0. The van der Waals surface area contributed by atoms with Gasteiger partial charge in [0.05, 0.1) is 38.6 Å². The van der Waals surface area contributed by atoms with E-state index in [9.17, 15) is 24.9 Å². The summed E-state index contributed by atoms with van der Waals surface area (Å²) >= 11 is 0. The van der Waals surface area contributed by atoms with E-state index < -0.39 is 12.2 Å². The van der Waals surface area contributed by atoms with Crippen molar-refractivity contribution >= 4 is 11.8 Å². The molecule has 0 rings (SSSR count). The Morgan fingerprint density at radius 3 is 0.797 bits per heavy atom. The van der Waals surface area contributed by atoms with Crippen LogP contribution in [0.4, 0.5) is 0 Å². The quantitative estimate of drug-likeness (QED) is 0.0442. The molecule has 0 bridgehead atoms. The van der Waals surface area contributed by atoms with E-state index >= 15 is 0 Å². The summed E-state index contributed by atoms with van der Waals surface area (Å²) in [4.78, 5) is 27.8. The molecule has 2 amide bonds. The van der Waals surface area contributed by atoms with Crippen LogP contribution in [0.3, 0.4) is 0 Å². The normalized spacial score (nSPS) is 12.2. The fraction of sp³-hybridized carbons (Fsp3) is 0.969. The van der Waals surface area contributed by atoms with Crippen LogP contribution >= 0.6 is 0 Å². The van der Waals surface area contributed by atoms with E-state index in [1.54, 1.807) is 4.90 Å². The SMILES string of the molecule is CCCCCCCCCCCCCCCCCCOCC(O)CN(CCO)C(=O)CCC.CCCCCCCCCCCCCCCCOCC(O)CN(CCO)C(=O)CCCCCCCCCCCCCCC. The third kappa shape index (κ3) is 58.4. The summed E-state index contributed by atoms with van der Waals surface area (Å²) in [6.45, 7) is 11.5. The van der Waals surface area contributed by atoms with Crippen LogP contribution in [0.15, 0.2) is 0 Å². The second-order valence-corrected chi connectivity index (χ2v) is 22.2. The number of carbonyl (C=O) groups excluding carboxylic acids is 2. The van der Waals surface area contributed by atoms with Crippen molar-refractivity contribution in [3.8, 4) is 0 Å². The van der Waals surface area contributed by atoms with Crippen molar-refractivity contribution in [3.05, 3.63) is 0 Å². The van der Waals surface area contributed by atoms with Gasteiger partial charge in [-0.1, -0.05) is 285 Å². The first-order valence-corrected chi connectivity index (χ1v) is 32.6. The Labute approximate surface area is 460 Å². The first-order chi connectivity index (χ1) is 36.3. The molecule has 0 aliphatic carbocycles. The molecule has 4 N–H and O–H groups in total.